The first kappa shape index (κ1) is 16.6. The van der Waals surface area contributed by atoms with E-state index < -0.39 is 5.82 Å². The second-order valence-corrected chi connectivity index (χ2v) is 5.09. The van der Waals surface area contributed by atoms with Crippen molar-refractivity contribution in [1.82, 2.24) is 10.3 Å². The number of nitrogens with zero attached hydrogens (tertiary/aromatic N) is 1. The van der Waals surface area contributed by atoms with Crippen molar-refractivity contribution in [3.63, 3.8) is 0 Å². The highest BCUT2D eigenvalue weighted by Gasteiger charge is 2.09. The minimum Gasteiger partial charge on any atom is -0.352 e. The van der Waals surface area contributed by atoms with E-state index in [1.165, 1.54) is 50.8 Å². The van der Waals surface area contributed by atoms with Gasteiger partial charge in [-0.1, -0.05) is 51.9 Å². The molecule has 0 radical (unpaired) electrons. The number of carbonyl (C=O) groups excluding carboxylic acids is 1. The van der Waals surface area contributed by atoms with Crippen LogP contribution < -0.4 is 5.32 Å². The Hall–Kier alpha value is -1.45. The predicted molar refractivity (Wildman–Crippen MR) is 79.1 cm³/mol. The molecule has 1 N–H and O–H groups in total. The van der Waals surface area contributed by atoms with Gasteiger partial charge in [0.1, 0.15) is 0 Å². The number of aromatic nitrogens is 1. The number of rotatable bonds is 10. The summed E-state index contributed by atoms with van der Waals surface area (Å²) in [7, 11) is 0. The molecule has 20 heavy (non-hydrogen) atoms. The molecule has 0 fully saturated rings. The molecule has 0 aliphatic heterocycles. The molecule has 1 aromatic heterocycles. The number of halogens is 1. The summed E-state index contributed by atoms with van der Waals surface area (Å²) < 4.78 is 13.3. The van der Waals surface area contributed by atoms with Crippen LogP contribution in [0.1, 0.15) is 68.6 Å². The molecule has 1 aromatic rings. The third kappa shape index (κ3) is 6.64. The third-order valence-corrected chi connectivity index (χ3v) is 3.33. The van der Waals surface area contributed by atoms with Gasteiger partial charge in [0.15, 0.2) is 5.82 Å². The lowest BCUT2D eigenvalue weighted by atomic mass is 10.1. The quantitative estimate of drug-likeness (QED) is 0.656. The summed E-state index contributed by atoms with van der Waals surface area (Å²) >= 11 is 0. The van der Waals surface area contributed by atoms with Crippen LogP contribution in [0.2, 0.25) is 0 Å². The van der Waals surface area contributed by atoms with E-state index in [2.05, 4.69) is 17.2 Å². The molecule has 0 saturated carbocycles. The van der Waals surface area contributed by atoms with Gasteiger partial charge in [-0.25, -0.2) is 4.39 Å². The second-order valence-electron chi connectivity index (χ2n) is 5.09. The summed E-state index contributed by atoms with van der Waals surface area (Å²) in [4.78, 5) is 15.3. The van der Waals surface area contributed by atoms with E-state index in [0.717, 1.165) is 19.0 Å². The fourth-order valence-corrected chi connectivity index (χ4v) is 2.12. The molecule has 112 valence electrons. The van der Waals surface area contributed by atoms with E-state index in [1.807, 2.05) is 0 Å². The highest BCUT2D eigenvalue weighted by Crippen LogP contribution is 2.08. The molecular formula is C16H25FN2O. The summed E-state index contributed by atoms with van der Waals surface area (Å²) in [6.45, 7) is 2.82. The monoisotopic (exact) mass is 280 g/mol. The summed E-state index contributed by atoms with van der Waals surface area (Å²) in [6, 6.07) is 1.40. The molecule has 1 heterocycles. The largest absolute Gasteiger partial charge is 0.352 e. The van der Waals surface area contributed by atoms with Gasteiger partial charge < -0.3 is 5.32 Å². The summed E-state index contributed by atoms with van der Waals surface area (Å²) in [5.41, 5.74) is 0.0690. The van der Waals surface area contributed by atoms with E-state index in [-0.39, 0.29) is 11.5 Å². The Kier molecular flexibility index (Phi) is 8.59. The van der Waals surface area contributed by atoms with E-state index in [9.17, 15) is 9.18 Å². The average molecular weight is 280 g/mol. The van der Waals surface area contributed by atoms with Crippen molar-refractivity contribution in [2.45, 2.75) is 58.3 Å². The zero-order valence-electron chi connectivity index (χ0n) is 12.3. The van der Waals surface area contributed by atoms with Gasteiger partial charge in [-0.05, 0) is 12.5 Å². The first-order valence-corrected chi connectivity index (χ1v) is 7.63. The minimum atomic E-state index is -0.569. The lowest BCUT2D eigenvalue weighted by molar-refractivity contribution is 0.0948. The maximum atomic E-state index is 13.3. The molecule has 0 atom stereocenters. The predicted octanol–water partition coefficient (Wildman–Crippen LogP) is 4.09. The Morgan fingerprint density at radius 1 is 1.15 bits per heavy atom. The van der Waals surface area contributed by atoms with Crippen molar-refractivity contribution in [3.05, 3.63) is 29.8 Å². The number of hydrogen-bond acceptors (Lipinski definition) is 2. The number of pyridine rings is 1. The van der Waals surface area contributed by atoms with Crippen LogP contribution in [0.3, 0.4) is 0 Å². The molecule has 0 spiro atoms. The van der Waals surface area contributed by atoms with Crippen LogP contribution in [0, 0.1) is 5.82 Å². The molecule has 0 bridgehead atoms. The first-order valence-electron chi connectivity index (χ1n) is 7.63. The Morgan fingerprint density at radius 2 is 1.80 bits per heavy atom. The van der Waals surface area contributed by atoms with Gasteiger partial charge >= 0.3 is 0 Å². The van der Waals surface area contributed by atoms with E-state index >= 15 is 0 Å². The van der Waals surface area contributed by atoms with Gasteiger partial charge in [0.2, 0.25) is 0 Å². The number of unbranched alkanes of at least 4 members (excludes halogenated alkanes) is 7. The lowest BCUT2D eigenvalue weighted by Crippen LogP contribution is -2.25. The smallest absolute Gasteiger partial charge is 0.254 e. The van der Waals surface area contributed by atoms with Crippen molar-refractivity contribution in [2.75, 3.05) is 6.54 Å². The summed E-state index contributed by atoms with van der Waals surface area (Å²) in [6.07, 6.45) is 12.3. The molecule has 0 aromatic carbocycles. The van der Waals surface area contributed by atoms with Crippen LogP contribution in [0.5, 0.6) is 0 Å². The molecule has 1 amide bonds. The van der Waals surface area contributed by atoms with Crippen molar-refractivity contribution < 1.29 is 9.18 Å². The molecule has 3 nitrogen and oxygen atoms in total. The average Bonchev–Trinajstić information content (AvgIpc) is 2.46. The maximum absolute atomic E-state index is 13.3. The van der Waals surface area contributed by atoms with Crippen molar-refractivity contribution in [1.29, 1.82) is 0 Å². The number of amides is 1. The highest BCUT2D eigenvalue weighted by molar-refractivity contribution is 5.94. The molecule has 0 aliphatic carbocycles. The lowest BCUT2D eigenvalue weighted by Gasteiger charge is -2.06. The normalized spacial score (nSPS) is 10.5. The van der Waals surface area contributed by atoms with Crippen LogP contribution in [-0.4, -0.2) is 17.4 Å². The van der Waals surface area contributed by atoms with Crippen LogP contribution in [0.25, 0.3) is 0 Å². The van der Waals surface area contributed by atoms with Gasteiger partial charge in [-0.3, -0.25) is 9.78 Å². The van der Waals surface area contributed by atoms with E-state index in [4.69, 9.17) is 0 Å². The molecule has 0 aliphatic rings. The topological polar surface area (TPSA) is 42.0 Å². The van der Waals surface area contributed by atoms with Gasteiger partial charge in [0.25, 0.3) is 5.91 Å². The highest BCUT2D eigenvalue weighted by atomic mass is 19.1. The zero-order chi connectivity index (χ0) is 14.6. The van der Waals surface area contributed by atoms with Crippen LogP contribution >= 0.6 is 0 Å². The molecule has 1 rings (SSSR count). The Morgan fingerprint density at radius 3 is 2.45 bits per heavy atom. The van der Waals surface area contributed by atoms with Gasteiger partial charge in [-0.15, -0.1) is 0 Å². The number of carbonyl (C=O) groups is 1. The molecule has 4 heteroatoms. The van der Waals surface area contributed by atoms with E-state index in [0.29, 0.717) is 6.54 Å². The SMILES string of the molecule is CCCCCCCCCCNC(=O)c1ccncc1F. The summed E-state index contributed by atoms with van der Waals surface area (Å²) in [5.74, 6) is -0.922. The third-order valence-electron chi connectivity index (χ3n) is 3.33. The Labute approximate surface area is 121 Å². The van der Waals surface area contributed by atoms with Crippen molar-refractivity contribution in [3.8, 4) is 0 Å². The fourth-order valence-electron chi connectivity index (χ4n) is 2.12. The van der Waals surface area contributed by atoms with Crippen LogP contribution in [-0.2, 0) is 0 Å². The zero-order valence-corrected chi connectivity index (χ0v) is 12.3. The van der Waals surface area contributed by atoms with Crippen molar-refractivity contribution >= 4 is 5.91 Å². The van der Waals surface area contributed by atoms with Gasteiger partial charge in [0, 0.05) is 12.7 Å². The van der Waals surface area contributed by atoms with Crippen LogP contribution in [0.15, 0.2) is 18.5 Å². The van der Waals surface area contributed by atoms with Crippen molar-refractivity contribution in [2.24, 2.45) is 0 Å². The second kappa shape index (κ2) is 10.4. The molecular weight excluding hydrogens is 255 g/mol. The number of hydrogen-bond donors (Lipinski definition) is 1. The van der Waals surface area contributed by atoms with Crippen LogP contribution in [0.4, 0.5) is 4.39 Å². The Balaban J connectivity index is 2.04. The van der Waals surface area contributed by atoms with E-state index in [1.54, 1.807) is 0 Å². The number of nitrogens with one attached hydrogen (secondary N) is 1. The summed E-state index contributed by atoms with van der Waals surface area (Å²) in [5, 5.41) is 2.74. The standard InChI is InChI=1S/C16H25FN2O/c1-2-3-4-5-6-7-8-9-11-19-16(20)14-10-12-18-13-15(14)17/h10,12-13H,2-9,11H2,1H3,(H,19,20). The first-order chi connectivity index (χ1) is 9.75. The Bertz CT molecular complexity index is 396. The van der Waals surface area contributed by atoms with Gasteiger partial charge in [-0.2, -0.15) is 0 Å². The van der Waals surface area contributed by atoms with Gasteiger partial charge in [0.05, 0.1) is 11.8 Å². The fraction of sp³-hybridized carbons (Fsp3) is 0.625. The molecule has 0 unspecified atom stereocenters. The molecule has 0 saturated heterocycles. The maximum Gasteiger partial charge on any atom is 0.254 e. The minimum absolute atomic E-state index is 0.0690.